The van der Waals surface area contributed by atoms with Crippen molar-refractivity contribution < 1.29 is 0 Å². The zero-order valence-corrected chi connectivity index (χ0v) is 37.3. The Balaban J connectivity index is 0.997. The number of hydrogen-bond donors (Lipinski definition) is 0. The molecule has 1 nitrogen and oxygen atoms in total. The van der Waals surface area contributed by atoms with Gasteiger partial charge in [-0.15, -0.1) is 0 Å². The van der Waals surface area contributed by atoms with E-state index in [-0.39, 0.29) is 0 Å². The summed E-state index contributed by atoms with van der Waals surface area (Å²) >= 11 is 0. The van der Waals surface area contributed by atoms with Gasteiger partial charge in [0.25, 0.3) is 0 Å². The van der Waals surface area contributed by atoms with Crippen LogP contribution in [0.4, 0.5) is 17.1 Å². The van der Waals surface area contributed by atoms with E-state index in [1.165, 1.54) is 105 Å². The van der Waals surface area contributed by atoms with Gasteiger partial charge in [-0.05, 0) is 170 Å². The Labute approximate surface area is 390 Å². The van der Waals surface area contributed by atoms with Crippen LogP contribution in [-0.4, -0.2) is 0 Å². The van der Waals surface area contributed by atoms with Gasteiger partial charge in [-0.25, -0.2) is 0 Å². The lowest BCUT2D eigenvalue weighted by Crippen LogP contribution is -2.43. The van der Waals surface area contributed by atoms with E-state index < -0.39 is 5.41 Å². The molecule has 4 saturated carbocycles. The molecule has 318 valence electrons. The smallest absolute Gasteiger partial charge is 0.0714 e. The molecule has 0 saturated heterocycles. The Hall–Kier alpha value is -7.22. The van der Waals surface area contributed by atoms with E-state index in [1.807, 2.05) is 0 Å². The van der Waals surface area contributed by atoms with Crippen molar-refractivity contribution in [3.05, 3.63) is 258 Å². The topological polar surface area (TPSA) is 3.24 Å². The Morgan fingerprint density at radius 2 is 0.788 bits per heavy atom. The second kappa shape index (κ2) is 16.0. The van der Waals surface area contributed by atoms with Crippen LogP contribution in [0.15, 0.2) is 231 Å². The molecule has 9 aromatic rings. The summed E-state index contributed by atoms with van der Waals surface area (Å²) in [7, 11) is 0. The van der Waals surface area contributed by atoms with Gasteiger partial charge in [0.1, 0.15) is 0 Å². The highest BCUT2D eigenvalue weighted by molar-refractivity contribution is 5.97. The summed E-state index contributed by atoms with van der Waals surface area (Å²) in [4.78, 5) is 2.51. The number of nitrogens with zero attached hydrogens (tertiary/aromatic N) is 1. The van der Waals surface area contributed by atoms with Crippen molar-refractivity contribution in [3.8, 4) is 44.5 Å². The van der Waals surface area contributed by atoms with E-state index in [4.69, 9.17) is 0 Å². The van der Waals surface area contributed by atoms with Crippen molar-refractivity contribution in [2.45, 2.75) is 43.4 Å². The van der Waals surface area contributed by atoms with Crippen LogP contribution in [0, 0.1) is 23.7 Å². The first kappa shape index (κ1) is 39.2. The second-order valence-electron chi connectivity index (χ2n) is 19.6. The highest BCUT2D eigenvalue weighted by Gasteiger charge is 2.49. The summed E-state index contributed by atoms with van der Waals surface area (Å²) in [5.74, 6) is 4.32. The lowest BCUT2D eigenvalue weighted by molar-refractivity contribution is -0.00277. The molecule has 5 aliphatic carbocycles. The van der Waals surface area contributed by atoms with Crippen LogP contribution in [0.1, 0.15) is 65.8 Å². The quantitative estimate of drug-likeness (QED) is 0.140. The monoisotopic (exact) mass is 847 g/mol. The minimum absolute atomic E-state index is 0.548. The number of fused-ring (bicyclic) bond motifs is 3. The Bertz CT molecular complexity index is 3100. The normalized spacial score (nSPS) is 20.7. The number of anilines is 3. The van der Waals surface area contributed by atoms with E-state index in [0.717, 1.165) is 35.0 Å². The van der Waals surface area contributed by atoms with E-state index in [1.54, 1.807) is 5.56 Å². The fraction of sp³-hybridized carbons (Fsp3) is 0.169. The average Bonchev–Trinajstić information content (AvgIpc) is 3.68. The molecular weight excluding hydrogens is 795 g/mol. The van der Waals surface area contributed by atoms with E-state index in [2.05, 4.69) is 235 Å². The summed E-state index contributed by atoms with van der Waals surface area (Å²) in [6.07, 6.45) is 7.21. The molecule has 0 heterocycles. The molecule has 0 aliphatic heterocycles. The first-order valence-electron chi connectivity index (χ1n) is 24.3. The molecule has 5 aliphatic rings. The standard InChI is InChI=1S/C65H53N/c1-5-16-46(17-6-1)57-24-13-14-25-58(57)48-28-32-54(33-29-48)66(55-34-30-49(31-35-55)63-50-39-44-38-45(41-50)42-51(63)40-44)56-36-37-60-62(43-56)65(52-20-9-3-10-21-52,53-22-11-4-12-23-53)61-27-15-26-59(64(60)61)47-18-7-2-8-19-47/h1-37,43-45,50-51,63H,38-42H2. The van der Waals surface area contributed by atoms with Crippen LogP contribution >= 0.6 is 0 Å². The molecule has 0 unspecified atom stereocenters. The van der Waals surface area contributed by atoms with Crippen LogP contribution in [-0.2, 0) is 5.41 Å². The second-order valence-corrected chi connectivity index (χ2v) is 19.6. The van der Waals surface area contributed by atoms with Gasteiger partial charge in [0, 0.05) is 17.1 Å². The maximum Gasteiger partial charge on any atom is 0.0714 e. The zero-order chi connectivity index (χ0) is 43.6. The first-order valence-corrected chi connectivity index (χ1v) is 24.3. The SMILES string of the molecule is c1ccc(-c2ccccc2-c2ccc(N(c3ccc(C4C5CC6CC(C5)CC4C6)cc3)c3ccc4c(c3)C(c3ccccc3)(c3ccccc3)c3cccc(-c5ccccc5)c3-4)cc2)cc1. The van der Waals surface area contributed by atoms with E-state index >= 15 is 0 Å². The fourth-order valence-electron chi connectivity index (χ4n) is 13.7. The van der Waals surface area contributed by atoms with Crippen molar-refractivity contribution in [1.82, 2.24) is 0 Å². The van der Waals surface area contributed by atoms with Gasteiger partial charge < -0.3 is 4.90 Å². The molecule has 9 aromatic carbocycles. The summed E-state index contributed by atoms with van der Waals surface area (Å²) in [6.45, 7) is 0. The minimum atomic E-state index is -0.548. The van der Waals surface area contributed by atoms with Gasteiger partial charge in [-0.2, -0.15) is 0 Å². The van der Waals surface area contributed by atoms with Gasteiger partial charge >= 0.3 is 0 Å². The minimum Gasteiger partial charge on any atom is -0.310 e. The van der Waals surface area contributed by atoms with Crippen molar-refractivity contribution >= 4 is 17.1 Å². The molecule has 0 N–H and O–H groups in total. The average molecular weight is 848 g/mol. The van der Waals surface area contributed by atoms with Crippen LogP contribution in [0.5, 0.6) is 0 Å². The summed E-state index contributed by atoms with van der Waals surface area (Å²) in [6, 6.07) is 86.4. The van der Waals surface area contributed by atoms with Gasteiger partial charge in [0.15, 0.2) is 0 Å². The van der Waals surface area contributed by atoms with Crippen molar-refractivity contribution in [2.24, 2.45) is 23.7 Å². The van der Waals surface area contributed by atoms with Gasteiger partial charge in [-0.3, -0.25) is 0 Å². The number of hydrogen-bond acceptors (Lipinski definition) is 1. The molecule has 0 atom stereocenters. The Morgan fingerprint density at radius 1 is 0.333 bits per heavy atom. The third-order valence-electron chi connectivity index (χ3n) is 16.1. The molecular formula is C65H53N. The molecule has 0 aromatic heterocycles. The molecule has 1 heteroatoms. The van der Waals surface area contributed by atoms with Crippen molar-refractivity contribution in [1.29, 1.82) is 0 Å². The van der Waals surface area contributed by atoms with Crippen molar-refractivity contribution in [3.63, 3.8) is 0 Å². The fourth-order valence-corrected chi connectivity index (χ4v) is 13.7. The Kier molecular flexibility index (Phi) is 9.52. The largest absolute Gasteiger partial charge is 0.310 e. The summed E-state index contributed by atoms with van der Waals surface area (Å²) in [5, 5.41) is 0. The molecule has 14 rings (SSSR count). The molecule has 4 fully saturated rings. The predicted molar refractivity (Wildman–Crippen MR) is 275 cm³/mol. The third-order valence-corrected chi connectivity index (χ3v) is 16.1. The van der Waals surface area contributed by atoms with Crippen LogP contribution in [0.3, 0.4) is 0 Å². The zero-order valence-electron chi connectivity index (χ0n) is 37.3. The van der Waals surface area contributed by atoms with E-state index in [0.29, 0.717) is 5.92 Å². The van der Waals surface area contributed by atoms with Gasteiger partial charge in [-0.1, -0.05) is 194 Å². The molecule has 0 radical (unpaired) electrons. The summed E-state index contributed by atoms with van der Waals surface area (Å²) in [5.41, 5.74) is 19.7. The maximum atomic E-state index is 2.52. The lowest BCUT2D eigenvalue weighted by atomic mass is 9.51. The van der Waals surface area contributed by atoms with Crippen molar-refractivity contribution in [2.75, 3.05) is 4.90 Å². The first-order chi connectivity index (χ1) is 32.7. The number of rotatable bonds is 9. The molecule has 4 bridgehead atoms. The Morgan fingerprint density at radius 3 is 1.35 bits per heavy atom. The summed E-state index contributed by atoms with van der Waals surface area (Å²) < 4.78 is 0. The molecule has 66 heavy (non-hydrogen) atoms. The predicted octanol–water partition coefficient (Wildman–Crippen LogP) is 17.1. The maximum absolute atomic E-state index is 2.52. The third kappa shape index (κ3) is 6.35. The van der Waals surface area contributed by atoms with Gasteiger partial charge in [0.2, 0.25) is 0 Å². The van der Waals surface area contributed by atoms with Crippen LogP contribution < -0.4 is 4.90 Å². The highest BCUT2D eigenvalue weighted by atomic mass is 15.1. The molecule has 0 amide bonds. The molecule has 0 spiro atoms. The van der Waals surface area contributed by atoms with Crippen LogP contribution in [0.2, 0.25) is 0 Å². The highest BCUT2D eigenvalue weighted by Crippen LogP contribution is 2.61. The number of benzene rings is 9. The van der Waals surface area contributed by atoms with Gasteiger partial charge in [0.05, 0.1) is 5.41 Å². The van der Waals surface area contributed by atoms with Crippen LogP contribution in [0.25, 0.3) is 44.5 Å². The van der Waals surface area contributed by atoms with E-state index in [9.17, 15) is 0 Å². The lowest BCUT2D eigenvalue weighted by Gasteiger charge is -2.54.